The van der Waals surface area contributed by atoms with E-state index in [9.17, 15) is 0 Å². The van der Waals surface area contributed by atoms with Gasteiger partial charge in [0.1, 0.15) is 0 Å². The molecule has 4 aromatic rings. The molecule has 0 radical (unpaired) electrons. The average molecular weight is 819 g/mol. The summed E-state index contributed by atoms with van der Waals surface area (Å²) in [6, 6.07) is 34.1. The molecule has 4 aromatic carbocycles. The van der Waals surface area contributed by atoms with E-state index >= 15 is 0 Å². The first-order valence-electron chi connectivity index (χ1n) is 18.7. The van der Waals surface area contributed by atoms with Gasteiger partial charge >= 0.3 is 296 Å². The summed E-state index contributed by atoms with van der Waals surface area (Å²) in [4.78, 5) is 0. The summed E-state index contributed by atoms with van der Waals surface area (Å²) in [7, 11) is 0. The Morgan fingerprint density at radius 1 is 0.500 bits per heavy atom. The van der Waals surface area contributed by atoms with E-state index in [-0.39, 0.29) is 0 Å². The van der Waals surface area contributed by atoms with Gasteiger partial charge in [0.2, 0.25) is 0 Å². The Hall–Kier alpha value is -2.55. The van der Waals surface area contributed by atoms with Crippen molar-refractivity contribution in [3.8, 4) is 0 Å². The van der Waals surface area contributed by atoms with E-state index < -0.39 is 23.7 Å². The first-order chi connectivity index (χ1) is 22.6. The van der Waals surface area contributed by atoms with Crippen LogP contribution in [-0.2, 0) is 17.7 Å². The maximum absolute atomic E-state index is 4.45. The number of hydrogen-bond acceptors (Lipinski definition) is 0. The van der Waals surface area contributed by atoms with E-state index in [0.717, 1.165) is 0 Å². The van der Waals surface area contributed by atoms with Gasteiger partial charge in [0.05, 0.1) is 0 Å². The number of rotatable bonds is 9. The van der Waals surface area contributed by atoms with Crippen LogP contribution in [0.2, 0.25) is 9.36 Å². The summed E-state index contributed by atoms with van der Waals surface area (Å²) in [5, 5.41) is 3.25. The van der Waals surface area contributed by atoms with E-state index in [2.05, 4.69) is 176 Å². The molecule has 251 valence electrons. The van der Waals surface area contributed by atoms with Gasteiger partial charge in [-0.1, -0.05) is 0 Å². The Labute approximate surface area is 294 Å². The Kier molecular flexibility index (Phi) is 9.53. The minimum absolute atomic E-state index is 0.481. The summed E-state index contributed by atoms with van der Waals surface area (Å²) in [6.07, 6.45) is 5.28. The van der Waals surface area contributed by atoms with Gasteiger partial charge in [-0.3, -0.25) is 0 Å². The van der Waals surface area contributed by atoms with E-state index in [1.54, 1.807) is 32.6 Å². The SMILES string of the molecule is CC1=Cc2c(C(C)C)cc(C(C)C)cc2[CH]1[Hf]([CH3])([CH3])([CH]1C(C)=Cc2c(C(C)C)cc(C(C)C)cc21)[SiH](c1ccccc1)c1ccccc1. The van der Waals surface area contributed by atoms with Crippen LogP contribution in [0, 0.1) is 0 Å². The fraction of sp³-hybridized carbons (Fsp3) is 0.391. The van der Waals surface area contributed by atoms with Gasteiger partial charge < -0.3 is 0 Å². The maximum atomic E-state index is 2.95. The standard InChI is InChI=1S/2C16H21.C12H11Si.2CH3.Hf/c2*1-10(2)13-8-14-6-12(5)7-16(14)15(9-13)11(3)4;1-3-7-11(8-4-1)13-12-9-5-2-6-10-12;;;/h2*6-11H,1-5H3;1-10,13H;2*1H3;. The number of allylic oxidation sites excluding steroid dienone is 2. The zero-order chi connectivity index (χ0) is 34.7. The topological polar surface area (TPSA) is 0 Å². The van der Waals surface area contributed by atoms with Crippen LogP contribution in [0.15, 0.2) is 96.1 Å². The Morgan fingerprint density at radius 3 is 1.17 bits per heavy atom. The minimum atomic E-state index is -4.45. The molecule has 6 rings (SSSR count). The second-order valence-corrected chi connectivity index (χ2v) is 64.6. The van der Waals surface area contributed by atoms with Gasteiger partial charge in [-0.25, -0.2) is 0 Å². The molecule has 2 aliphatic carbocycles. The molecule has 0 heterocycles. The number of hydrogen-bond donors (Lipinski definition) is 0. The van der Waals surface area contributed by atoms with Crippen molar-refractivity contribution in [2.75, 3.05) is 0 Å². The summed E-state index contributed by atoms with van der Waals surface area (Å²) in [5.41, 5.74) is 15.7. The average Bonchev–Trinajstić information content (AvgIpc) is 3.57. The summed E-state index contributed by atoms with van der Waals surface area (Å²) < 4.78 is 6.87. The fourth-order valence-corrected chi connectivity index (χ4v) is 76.9. The molecular weight excluding hydrogens is 759 g/mol. The molecule has 0 spiro atoms. The summed E-state index contributed by atoms with van der Waals surface area (Å²) >= 11 is -4.45. The van der Waals surface area contributed by atoms with Crippen molar-refractivity contribution in [2.45, 2.75) is 110 Å². The number of benzene rings is 4. The Bertz CT molecular complexity index is 1750. The molecule has 0 saturated carbocycles. The van der Waals surface area contributed by atoms with Crippen molar-refractivity contribution in [2.24, 2.45) is 0 Å². The van der Waals surface area contributed by atoms with E-state index in [1.165, 1.54) is 33.4 Å². The third-order valence-electron chi connectivity index (χ3n) is 12.4. The zero-order valence-corrected chi connectivity index (χ0v) is 36.5. The van der Waals surface area contributed by atoms with Crippen LogP contribution in [0.5, 0.6) is 0 Å². The molecule has 0 fully saturated rings. The van der Waals surface area contributed by atoms with Crippen LogP contribution in [0.1, 0.15) is 145 Å². The normalized spacial score (nSPS) is 18.4. The van der Waals surface area contributed by atoms with Gasteiger partial charge in [0.25, 0.3) is 0 Å². The van der Waals surface area contributed by atoms with Crippen LogP contribution < -0.4 is 10.4 Å². The van der Waals surface area contributed by atoms with Gasteiger partial charge in [0, 0.05) is 0 Å². The zero-order valence-electron chi connectivity index (χ0n) is 31.8. The predicted molar refractivity (Wildman–Crippen MR) is 213 cm³/mol. The van der Waals surface area contributed by atoms with Crippen molar-refractivity contribution in [3.05, 3.63) is 141 Å². The molecule has 2 unspecified atom stereocenters. The van der Waals surface area contributed by atoms with Gasteiger partial charge in [-0.2, -0.15) is 0 Å². The first kappa shape index (κ1) is 35.3. The van der Waals surface area contributed by atoms with Crippen molar-refractivity contribution in [3.63, 3.8) is 0 Å². The van der Waals surface area contributed by atoms with Crippen molar-refractivity contribution in [1.82, 2.24) is 0 Å². The molecule has 0 bridgehead atoms. The monoisotopic (exact) mass is 819 g/mol. The van der Waals surface area contributed by atoms with Crippen molar-refractivity contribution < 1.29 is 17.7 Å². The molecule has 0 saturated heterocycles. The third kappa shape index (κ3) is 5.68. The first-order valence-corrected chi connectivity index (χ1v) is 37.9. The van der Waals surface area contributed by atoms with E-state index in [0.29, 0.717) is 31.0 Å². The Balaban J connectivity index is 1.78. The summed E-state index contributed by atoms with van der Waals surface area (Å²) in [6.45, 7) is 24.1. The molecule has 0 nitrogen and oxygen atoms in total. The van der Waals surface area contributed by atoms with Crippen LogP contribution in [0.3, 0.4) is 0 Å². The molecule has 0 aromatic heterocycles. The number of fused-ring (bicyclic) bond motifs is 2. The van der Waals surface area contributed by atoms with Gasteiger partial charge in [-0.05, 0) is 0 Å². The molecule has 48 heavy (non-hydrogen) atoms. The molecule has 0 aliphatic heterocycles. The molecule has 0 amide bonds. The fourth-order valence-electron chi connectivity index (χ4n) is 10.4. The van der Waals surface area contributed by atoms with Crippen LogP contribution >= 0.6 is 0 Å². The van der Waals surface area contributed by atoms with Crippen LogP contribution in [0.4, 0.5) is 0 Å². The van der Waals surface area contributed by atoms with Gasteiger partial charge in [-0.15, -0.1) is 0 Å². The quantitative estimate of drug-likeness (QED) is 0.148. The molecular formula is C46H59HfSi. The molecule has 2 aliphatic rings. The van der Waals surface area contributed by atoms with Crippen molar-refractivity contribution in [1.29, 1.82) is 0 Å². The second kappa shape index (κ2) is 13.0. The Morgan fingerprint density at radius 2 is 0.854 bits per heavy atom. The second-order valence-electron chi connectivity index (χ2n) is 17.5. The summed E-state index contributed by atoms with van der Waals surface area (Å²) in [5.74, 6) is 0.153. The molecule has 0 N–H and O–H groups in total. The van der Waals surface area contributed by atoms with Crippen molar-refractivity contribution >= 4 is 28.5 Å². The van der Waals surface area contributed by atoms with Gasteiger partial charge in [0.15, 0.2) is 0 Å². The van der Waals surface area contributed by atoms with E-state index in [1.807, 2.05) is 0 Å². The molecule has 2 heteroatoms. The third-order valence-corrected chi connectivity index (χ3v) is 67.2. The van der Waals surface area contributed by atoms with Crippen LogP contribution in [0.25, 0.3) is 12.2 Å². The molecule has 2 atom stereocenters. The predicted octanol–water partition coefficient (Wildman–Crippen LogP) is 12.1. The van der Waals surface area contributed by atoms with E-state index in [4.69, 9.17) is 0 Å². The van der Waals surface area contributed by atoms with Crippen LogP contribution in [-0.4, -0.2) is 5.98 Å².